The van der Waals surface area contributed by atoms with Gasteiger partial charge in [-0.3, -0.25) is 0 Å². The van der Waals surface area contributed by atoms with Crippen LogP contribution >= 0.6 is 0 Å². The second-order valence-electron chi connectivity index (χ2n) is 3.68. The Morgan fingerprint density at radius 1 is 1.47 bits per heavy atom. The van der Waals surface area contributed by atoms with Gasteiger partial charge in [-0.2, -0.15) is 0 Å². The van der Waals surface area contributed by atoms with E-state index in [0.29, 0.717) is 19.8 Å². The molecule has 0 aromatic carbocycles. The molecule has 0 atom stereocenters. The molecule has 0 amide bonds. The molecule has 96 valence electrons. The molecule has 1 aromatic heterocycles. The zero-order chi connectivity index (χ0) is 12.5. The Morgan fingerprint density at radius 3 is 3.00 bits per heavy atom. The number of allylic oxidation sites excluding steroid dienone is 1. The normalized spacial score (nSPS) is 10.5. The predicted octanol–water partition coefficient (Wildman–Crippen LogP) is 1.45. The Bertz CT molecular complexity index is 336. The third-order valence-electron chi connectivity index (χ3n) is 2.18. The van der Waals surface area contributed by atoms with Crippen LogP contribution in [0.25, 0.3) is 0 Å². The van der Waals surface area contributed by atoms with Crippen molar-refractivity contribution < 1.29 is 9.47 Å². The second kappa shape index (κ2) is 7.86. The molecule has 0 aliphatic carbocycles. The molecule has 1 heterocycles. The first-order valence-corrected chi connectivity index (χ1v) is 5.73. The lowest BCUT2D eigenvalue weighted by molar-refractivity contribution is 0.0758. The maximum absolute atomic E-state index is 5.36. The average molecular weight is 239 g/mol. The average Bonchev–Trinajstić information content (AvgIpc) is 2.65. The van der Waals surface area contributed by atoms with Crippen molar-refractivity contribution in [1.82, 2.24) is 9.55 Å². The summed E-state index contributed by atoms with van der Waals surface area (Å²) in [5.74, 6) is 0.859. The lowest BCUT2D eigenvalue weighted by Crippen LogP contribution is -2.14. The molecule has 0 fully saturated rings. The number of hydrogen-bond donors (Lipinski definition) is 1. The Balaban J connectivity index is 2.28. The third-order valence-corrected chi connectivity index (χ3v) is 2.18. The first-order chi connectivity index (χ1) is 8.27. The van der Waals surface area contributed by atoms with Crippen molar-refractivity contribution in [2.24, 2.45) is 0 Å². The molecule has 0 saturated heterocycles. The Hall–Kier alpha value is -1.33. The lowest BCUT2D eigenvalue weighted by atomic mass is 10.5. The highest BCUT2D eigenvalue weighted by Gasteiger charge is 2.02. The number of ether oxygens (including phenoxy) is 2. The van der Waals surface area contributed by atoms with Gasteiger partial charge < -0.3 is 19.4 Å². The molecule has 1 aromatic rings. The van der Waals surface area contributed by atoms with Gasteiger partial charge in [0.25, 0.3) is 0 Å². The van der Waals surface area contributed by atoms with Gasteiger partial charge in [0, 0.05) is 26.4 Å². The Kier molecular flexibility index (Phi) is 6.35. The maximum Gasteiger partial charge on any atom is 0.203 e. The SMILES string of the molecule is C=CCn1cc(C)nc1NCCOCCOC. The van der Waals surface area contributed by atoms with Crippen molar-refractivity contribution in [3.05, 3.63) is 24.5 Å². The minimum absolute atomic E-state index is 0.623. The Morgan fingerprint density at radius 2 is 2.29 bits per heavy atom. The quantitative estimate of drug-likeness (QED) is 0.523. The molecule has 1 rings (SSSR count). The monoisotopic (exact) mass is 239 g/mol. The van der Waals surface area contributed by atoms with Crippen LogP contribution < -0.4 is 5.32 Å². The standard InChI is InChI=1S/C12H21N3O2/c1-4-6-15-10-11(2)14-12(15)13-5-7-17-9-8-16-3/h4,10H,1,5-9H2,2-3H3,(H,13,14). The highest BCUT2D eigenvalue weighted by atomic mass is 16.5. The fourth-order valence-corrected chi connectivity index (χ4v) is 1.45. The summed E-state index contributed by atoms with van der Waals surface area (Å²) < 4.78 is 12.3. The second-order valence-corrected chi connectivity index (χ2v) is 3.68. The van der Waals surface area contributed by atoms with Crippen LogP contribution in [0, 0.1) is 6.92 Å². The number of nitrogens with one attached hydrogen (secondary N) is 1. The molecule has 0 radical (unpaired) electrons. The summed E-state index contributed by atoms with van der Waals surface area (Å²) in [4.78, 5) is 4.39. The summed E-state index contributed by atoms with van der Waals surface area (Å²) in [5.41, 5.74) is 0.995. The van der Waals surface area contributed by atoms with E-state index in [2.05, 4.69) is 16.9 Å². The summed E-state index contributed by atoms with van der Waals surface area (Å²) in [6.45, 7) is 9.08. The molecular weight excluding hydrogens is 218 g/mol. The largest absolute Gasteiger partial charge is 0.382 e. The smallest absolute Gasteiger partial charge is 0.203 e. The molecule has 0 unspecified atom stereocenters. The lowest BCUT2D eigenvalue weighted by Gasteiger charge is -2.08. The van der Waals surface area contributed by atoms with E-state index in [0.717, 1.165) is 24.7 Å². The molecule has 0 bridgehead atoms. The first kappa shape index (κ1) is 13.7. The number of aromatic nitrogens is 2. The molecular formula is C12H21N3O2. The van der Waals surface area contributed by atoms with Crippen LogP contribution in [0.4, 0.5) is 5.95 Å². The minimum atomic E-state index is 0.623. The van der Waals surface area contributed by atoms with Crippen LogP contribution in [0.2, 0.25) is 0 Å². The van der Waals surface area contributed by atoms with Gasteiger partial charge in [-0.25, -0.2) is 4.98 Å². The molecule has 0 spiro atoms. The van der Waals surface area contributed by atoms with Gasteiger partial charge in [-0.15, -0.1) is 6.58 Å². The van der Waals surface area contributed by atoms with Gasteiger partial charge in [-0.1, -0.05) is 6.08 Å². The van der Waals surface area contributed by atoms with Crippen molar-refractivity contribution in [2.75, 3.05) is 38.8 Å². The minimum Gasteiger partial charge on any atom is -0.382 e. The summed E-state index contributed by atoms with van der Waals surface area (Å²) in [7, 11) is 1.66. The van der Waals surface area contributed by atoms with Gasteiger partial charge in [0.2, 0.25) is 5.95 Å². The van der Waals surface area contributed by atoms with Gasteiger partial charge in [0.15, 0.2) is 0 Å². The van der Waals surface area contributed by atoms with Crippen LogP contribution in [0.15, 0.2) is 18.9 Å². The first-order valence-electron chi connectivity index (χ1n) is 5.73. The summed E-state index contributed by atoms with van der Waals surface area (Å²) in [6.07, 6.45) is 3.84. The van der Waals surface area contributed by atoms with Crippen molar-refractivity contribution in [2.45, 2.75) is 13.5 Å². The van der Waals surface area contributed by atoms with E-state index in [1.54, 1.807) is 7.11 Å². The third kappa shape index (κ3) is 5.01. The fourth-order valence-electron chi connectivity index (χ4n) is 1.45. The highest BCUT2D eigenvalue weighted by Crippen LogP contribution is 2.07. The number of anilines is 1. The number of imidazole rings is 1. The van der Waals surface area contributed by atoms with E-state index >= 15 is 0 Å². The van der Waals surface area contributed by atoms with Gasteiger partial charge in [0.05, 0.1) is 25.5 Å². The number of aryl methyl sites for hydroxylation is 1. The van der Waals surface area contributed by atoms with E-state index in [4.69, 9.17) is 9.47 Å². The zero-order valence-electron chi connectivity index (χ0n) is 10.6. The summed E-state index contributed by atoms with van der Waals surface area (Å²) >= 11 is 0. The Labute approximate surface area is 102 Å². The van der Waals surface area contributed by atoms with Crippen molar-refractivity contribution >= 4 is 5.95 Å². The van der Waals surface area contributed by atoms with Crippen molar-refractivity contribution in [3.8, 4) is 0 Å². The summed E-state index contributed by atoms with van der Waals surface area (Å²) in [5, 5.41) is 3.23. The van der Waals surface area contributed by atoms with Gasteiger partial charge in [0.1, 0.15) is 0 Å². The summed E-state index contributed by atoms with van der Waals surface area (Å²) in [6, 6.07) is 0. The van der Waals surface area contributed by atoms with Crippen LogP contribution in [0.3, 0.4) is 0 Å². The van der Waals surface area contributed by atoms with Gasteiger partial charge >= 0.3 is 0 Å². The number of nitrogens with zero attached hydrogens (tertiary/aromatic N) is 2. The maximum atomic E-state index is 5.36. The molecule has 17 heavy (non-hydrogen) atoms. The molecule has 5 nitrogen and oxygen atoms in total. The number of rotatable bonds is 9. The fraction of sp³-hybridized carbons (Fsp3) is 0.583. The van der Waals surface area contributed by atoms with Crippen molar-refractivity contribution in [3.63, 3.8) is 0 Å². The van der Waals surface area contributed by atoms with E-state index in [1.807, 2.05) is 23.8 Å². The van der Waals surface area contributed by atoms with Crippen LogP contribution in [0.1, 0.15) is 5.69 Å². The van der Waals surface area contributed by atoms with E-state index in [1.165, 1.54) is 0 Å². The molecule has 0 aliphatic rings. The van der Waals surface area contributed by atoms with E-state index in [-0.39, 0.29) is 0 Å². The van der Waals surface area contributed by atoms with Crippen LogP contribution in [-0.4, -0.2) is 43.0 Å². The highest BCUT2D eigenvalue weighted by molar-refractivity contribution is 5.28. The van der Waals surface area contributed by atoms with E-state index < -0.39 is 0 Å². The molecule has 0 aliphatic heterocycles. The predicted molar refractivity (Wildman–Crippen MR) is 68.3 cm³/mol. The molecule has 1 N–H and O–H groups in total. The molecule has 0 saturated carbocycles. The molecule has 5 heteroatoms. The zero-order valence-corrected chi connectivity index (χ0v) is 10.6. The topological polar surface area (TPSA) is 48.3 Å². The van der Waals surface area contributed by atoms with E-state index in [9.17, 15) is 0 Å². The van der Waals surface area contributed by atoms with Crippen LogP contribution in [-0.2, 0) is 16.0 Å². The number of methoxy groups -OCH3 is 1. The van der Waals surface area contributed by atoms with Gasteiger partial charge in [-0.05, 0) is 6.92 Å². The number of hydrogen-bond acceptors (Lipinski definition) is 4. The van der Waals surface area contributed by atoms with Crippen LogP contribution in [0.5, 0.6) is 0 Å². The van der Waals surface area contributed by atoms with Crippen molar-refractivity contribution in [1.29, 1.82) is 0 Å².